The number of unbranched alkanes of at least 4 members (excludes halogenated alkanes) is 1. The predicted octanol–water partition coefficient (Wildman–Crippen LogP) is 3.73. The zero-order valence-corrected chi connectivity index (χ0v) is 13.9. The second-order valence-electron chi connectivity index (χ2n) is 6.26. The van der Waals surface area contributed by atoms with Crippen LogP contribution >= 0.6 is 0 Å². The molecule has 0 aliphatic carbocycles. The van der Waals surface area contributed by atoms with E-state index >= 15 is 0 Å². The monoisotopic (exact) mass is 330 g/mol. The second-order valence-corrected chi connectivity index (χ2v) is 6.26. The average Bonchev–Trinajstić information content (AvgIpc) is 3.03. The summed E-state index contributed by atoms with van der Waals surface area (Å²) in [6, 6.07) is 8.86. The van der Waals surface area contributed by atoms with Crippen molar-refractivity contribution < 1.29 is 14.0 Å². The summed E-state index contributed by atoms with van der Waals surface area (Å²) in [5.41, 5.74) is 3.11. The van der Waals surface area contributed by atoms with Crippen LogP contribution in [0.25, 0.3) is 5.57 Å². The van der Waals surface area contributed by atoms with Crippen molar-refractivity contribution in [2.75, 3.05) is 19.7 Å². The molecule has 5 heteroatoms. The van der Waals surface area contributed by atoms with E-state index in [1.165, 1.54) is 12.1 Å². The minimum absolute atomic E-state index is 0.176. The van der Waals surface area contributed by atoms with Gasteiger partial charge in [-0.05, 0) is 56.0 Å². The molecule has 0 amide bonds. The van der Waals surface area contributed by atoms with E-state index in [0.717, 1.165) is 54.9 Å². The Morgan fingerprint density at radius 3 is 2.75 bits per heavy atom. The van der Waals surface area contributed by atoms with Gasteiger partial charge in [-0.3, -0.25) is 4.90 Å². The third-order valence-corrected chi connectivity index (χ3v) is 4.48. The number of halogens is 1. The number of aromatic nitrogens is 1. The number of hydrogen-bond donors (Lipinski definition) is 1. The summed E-state index contributed by atoms with van der Waals surface area (Å²) in [5.74, 6) is 0.595. The van der Waals surface area contributed by atoms with Crippen LogP contribution in [-0.2, 0) is 0 Å². The van der Waals surface area contributed by atoms with Gasteiger partial charge in [0.1, 0.15) is 5.82 Å². The topological polar surface area (TPSA) is 49.5 Å². The molecule has 1 aliphatic heterocycles. The van der Waals surface area contributed by atoms with Gasteiger partial charge in [-0.15, -0.1) is 0 Å². The molecule has 0 saturated carbocycles. The summed E-state index contributed by atoms with van der Waals surface area (Å²) < 4.78 is 18.7. The number of nitrogens with zero attached hydrogens (tertiary/aromatic N) is 2. The molecule has 4 nitrogen and oxygen atoms in total. The first-order chi connectivity index (χ1) is 11.7. The number of rotatable bonds is 6. The molecule has 0 fully saturated rings. The van der Waals surface area contributed by atoms with Crippen molar-refractivity contribution in [2.24, 2.45) is 0 Å². The van der Waals surface area contributed by atoms with Gasteiger partial charge in [0.2, 0.25) is 0 Å². The fourth-order valence-corrected chi connectivity index (χ4v) is 3.18. The van der Waals surface area contributed by atoms with Crippen LogP contribution < -0.4 is 0 Å². The van der Waals surface area contributed by atoms with Gasteiger partial charge in [0.05, 0.1) is 5.69 Å². The first-order valence-electron chi connectivity index (χ1n) is 8.40. The summed E-state index contributed by atoms with van der Waals surface area (Å²) >= 11 is 0. The zero-order chi connectivity index (χ0) is 16.9. The number of benzene rings is 1. The minimum Gasteiger partial charge on any atom is -0.396 e. The lowest BCUT2D eigenvalue weighted by Crippen LogP contribution is -2.33. The molecule has 1 atom stereocenters. The number of aliphatic hydroxyl groups excluding tert-OH is 1. The van der Waals surface area contributed by atoms with Crippen LogP contribution in [0.15, 0.2) is 40.9 Å². The van der Waals surface area contributed by atoms with E-state index in [4.69, 9.17) is 9.63 Å². The maximum Gasteiger partial charge on any atom is 0.162 e. The predicted molar refractivity (Wildman–Crippen MR) is 90.9 cm³/mol. The highest BCUT2D eigenvalue weighted by Gasteiger charge is 2.26. The molecular weight excluding hydrogens is 307 g/mol. The molecular formula is C19H23FN2O2. The lowest BCUT2D eigenvalue weighted by atomic mass is 9.92. The largest absolute Gasteiger partial charge is 0.396 e. The van der Waals surface area contributed by atoms with E-state index < -0.39 is 0 Å². The molecule has 1 aliphatic rings. The molecule has 2 heterocycles. The van der Waals surface area contributed by atoms with Crippen molar-refractivity contribution >= 4 is 5.57 Å². The summed E-state index contributed by atoms with van der Waals surface area (Å²) in [6.07, 6.45) is 4.72. The lowest BCUT2D eigenvalue weighted by molar-refractivity contribution is 0.198. The fourth-order valence-electron chi connectivity index (χ4n) is 3.18. The Bertz CT molecular complexity index is 694. The maximum atomic E-state index is 13.3. The highest BCUT2D eigenvalue weighted by Crippen LogP contribution is 2.36. The van der Waals surface area contributed by atoms with Crippen molar-refractivity contribution in [1.29, 1.82) is 0 Å². The third kappa shape index (κ3) is 3.91. The van der Waals surface area contributed by atoms with Gasteiger partial charge < -0.3 is 9.63 Å². The van der Waals surface area contributed by atoms with Crippen LogP contribution in [0, 0.1) is 12.7 Å². The van der Waals surface area contributed by atoms with Crippen molar-refractivity contribution in [3.8, 4) is 0 Å². The van der Waals surface area contributed by atoms with Crippen molar-refractivity contribution in [3.05, 3.63) is 59.2 Å². The zero-order valence-electron chi connectivity index (χ0n) is 13.9. The molecule has 1 N–H and O–H groups in total. The Balaban J connectivity index is 1.82. The standard InChI is InChI=1S/C19H23FN2O2/c1-14-12-19(24-21-14)16-8-10-22(9-2-3-11-23)18(13-16)15-4-6-17(20)7-5-15/h4-8,12,18,23H,2-3,9-11,13H2,1H3. The van der Waals surface area contributed by atoms with Crippen molar-refractivity contribution in [2.45, 2.75) is 32.2 Å². The van der Waals surface area contributed by atoms with Gasteiger partial charge in [-0.25, -0.2) is 4.39 Å². The molecule has 0 saturated heterocycles. The molecule has 1 aromatic heterocycles. The Kier molecular flexibility index (Phi) is 5.43. The van der Waals surface area contributed by atoms with E-state index in [2.05, 4.69) is 16.1 Å². The highest BCUT2D eigenvalue weighted by molar-refractivity contribution is 5.63. The first-order valence-corrected chi connectivity index (χ1v) is 8.40. The van der Waals surface area contributed by atoms with Crippen LogP contribution in [0.1, 0.15) is 42.3 Å². The smallest absolute Gasteiger partial charge is 0.162 e. The van der Waals surface area contributed by atoms with E-state index in [1.807, 2.05) is 25.1 Å². The van der Waals surface area contributed by atoms with Gasteiger partial charge in [0.15, 0.2) is 5.76 Å². The molecule has 0 spiro atoms. The lowest BCUT2D eigenvalue weighted by Gasteiger charge is -2.35. The number of aliphatic hydroxyl groups is 1. The molecule has 2 aromatic rings. The Hall–Kier alpha value is -1.98. The Morgan fingerprint density at radius 2 is 2.08 bits per heavy atom. The summed E-state index contributed by atoms with van der Waals surface area (Å²) in [6.45, 7) is 3.84. The van der Waals surface area contributed by atoms with Crippen LogP contribution in [0.3, 0.4) is 0 Å². The van der Waals surface area contributed by atoms with Crippen LogP contribution in [0.2, 0.25) is 0 Å². The van der Waals surface area contributed by atoms with Crippen molar-refractivity contribution in [1.82, 2.24) is 10.1 Å². The van der Waals surface area contributed by atoms with Crippen LogP contribution in [-0.4, -0.2) is 34.9 Å². The van der Waals surface area contributed by atoms with E-state index in [9.17, 15) is 4.39 Å². The minimum atomic E-state index is -0.219. The van der Waals surface area contributed by atoms with Gasteiger partial charge in [-0.1, -0.05) is 23.4 Å². The molecule has 3 rings (SSSR count). The Labute approximate surface area is 141 Å². The second kappa shape index (κ2) is 7.73. The summed E-state index contributed by atoms with van der Waals surface area (Å²) in [4.78, 5) is 2.37. The first kappa shape index (κ1) is 16.9. The molecule has 24 heavy (non-hydrogen) atoms. The van der Waals surface area contributed by atoms with Gasteiger partial charge in [0, 0.05) is 25.3 Å². The maximum absolute atomic E-state index is 13.3. The van der Waals surface area contributed by atoms with Crippen LogP contribution in [0.5, 0.6) is 0 Å². The summed E-state index contributed by atoms with van der Waals surface area (Å²) in [7, 11) is 0. The molecule has 128 valence electrons. The van der Waals surface area contributed by atoms with Gasteiger partial charge >= 0.3 is 0 Å². The number of aryl methyl sites for hydroxylation is 1. The van der Waals surface area contributed by atoms with Gasteiger partial charge in [0.25, 0.3) is 0 Å². The highest BCUT2D eigenvalue weighted by atomic mass is 19.1. The number of hydrogen-bond acceptors (Lipinski definition) is 4. The van der Waals surface area contributed by atoms with E-state index in [-0.39, 0.29) is 18.5 Å². The van der Waals surface area contributed by atoms with E-state index in [1.54, 1.807) is 0 Å². The fraction of sp³-hybridized carbons (Fsp3) is 0.421. The SMILES string of the molecule is Cc1cc(C2=CCN(CCCCO)C(c3ccc(F)cc3)C2)on1. The Morgan fingerprint density at radius 1 is 1.29 bits per heavy atom. The molecule has 1 aromatic carbocycles. The van der Waals surface area contributed by atoms with Crippen molar-refractivity contribution in [3.63, 3.8) is 0 Å². The third-order valence-electron chi connectivity index (χ3n) is 4.48. The average molecular weight is 330 g/mol. The quantitative estimate of drug-likeness (QED) is 0.820. The summed E-state index contributed by atoms with van der Waals surface area (Å²) in [5, 5.41) is 13.0. The molecule has 0 bridgehead atoms. The van der Waals surface area contributed by atoms with E-state index in [0.29, 0.717) is 0 Å². The molecule has 0 radical (unpaired) electrons. The van der Waals surface area contributed by atoms with Crippen LogP contribution in [0.4, 0.5) is 4.39 Å². The van der Waals surface area contributed by atoms with Gasteiger partial charge in [-0.2, -0.15) is 0 Å². The molecule has 1 unspecified atom stereocenters. The normalized spacial score (nSPS) is 18.6.